The molecule has 2 aromatic rings. The summed E-state index contributed by atoms with van der Waals surface area (Å²) in [5.74, 6) is 1.41. The van der Waals surface area contributed by atoms with E-state index in [1.54, 1.807) is 12.1 Å². The number of nitro benzene ring substituents is 1. The molecule has 0 fully saturated rings. The van der Waals surface area contributed by atoms with Crippen molar-refractivity contribution in [3.8, 4) is 0 Å². The first-order valence-electron chi connectivity index (χ1n) is 10.3. The Hall–Kier alpha value is -2.94. The quantitative estimate of drug-likeness (QED) is 0.298. The number of hydrogen-bond donors (Lipinski definition) is 2. The number of benzene rings is 1. The normalized spacial score (nSPS) is 19.5. The number of nitro groups is 1. The van der Waals surface area contributed by atoms with Gasteiger partial charge in [0.2, 0.25) is 0 Å². The molecule has 2 heterocycles. The molecule has 1 aliphatic carbocycles. The molecule has 0 bridgehead atoms. The van der Waals surface area contributed by atoms with E-state index < -0.39 is 10.8 Å². The Morgan fingerprint density at radius 2 is 1.97 bits per heavy atom. The van der Waals surface area contributed by atoms with Gasteiger partial charge in [-0.25, -0.2) is 9.97 Å². The van der Waals surface area contributed by atoms with Crippen molar-refractivity contribution in [2.45, 2.75) is 51.1 Å². The van der Waals surface area contributed by atoms with E-state index in [-0.39, 0.29) is 16.9 Å². The molecule has 162 valence electrons. The van der Waals surface area contributed by atoms with Crippen LogP contribution in [-0.2, 0) is 4.79 Å². The van der Waals surface area contributed by atoms with Crippen LogP contribution in [0.1, 0.15) is 57.1 Å². The van der Waals surface area contributed by atoms with Gasteiger partial charge in [0, 0.05) is 47.1 Å². The average molecular weight is 440 g/mol. The number of rotatable bonds is 5. The van der Waals surface area contributed by atoms with Crippen molar-refractivity contribution >= 4 is 34.9 Å². The Morgan fingerprint density at radius 1 is 1.26 bits per heavy atom. The van der Waals surface area contributed by atoms with Crippen LogP contribution in [0, 0.1) is 15.5 Å². The van der Waals surface area contributed by atoms with Crippen molar-refractivity contribution in [3.63, 3.8) is 0 Å². The number of nitrogens with one attached hydrogen (secondary N) is 1. The van der Waals surface area contributed by atoms with Crippen molar-refractivity contribution in [3.05, 3.63) is 56.8 Å². The molecule has 9 heteroatoms. The number of allylic oxidation sites excluding steroid dienone is 2. The molecule has 31 heavy (non-hydrogen) atoms. The van der Waals surface area contributed by atoms with Gasteiger partial charge in [-0.15, -0.1) is 0 Å². The van der Waals surface area contributed by atoms with Crippen molar-refractivity contribution in [2.75, 3.05) is 16.8 Å². The number of anilines is 2. The Labute approximate surface area is 184 Å². The van der Waals surface area contributed by atoms with Gasteiger partial charge in [0.25, 0.3) is 5.69 Å². The van der Waals surface area contributed by atoms with E-state index in [1.165, 1.54) is 23.9 Å². The van der Waals surface area contributed by atoms with Gasteiger partial charge in [-0.1, -0.05) is 44.7 Å². The van der Waals surface area contributed by atoms with Crippen LogP contribution in [0.3, 0.4) is 0 Å². The molecule has 1 aromatic carbocycles. The highest BCUT2D eigenvalue weighted by Gasteiger charge is 2.42. The van der Waals surface area contributed by atoms with E-state index in [9.17, 15) is 14.9 Å². The number of carbonyl (C=O) groups is 1. The highest BCUT2D eigenvalue weighted by atomic mass is 32.2. The zero-order chi connectivity index (χ0) is 22.3. The van der Waals surface area contributed by atoms with Gasteiger partial charge in [0.1, 0.15) is 11.6 Å². The van der Waals surface area contributed by atoms with E-state index in [4.69, 9.17) is 10.7 Å². The summed E-state index contributed by atoms with van der Waals surface area (Å²) in [6, 6.07) is 6.29. The minimum atomic E-state index is -0.458. The van der Waals surface area contributed by atoms with Crippen LogP contribution < -0.4 is 11.1 Å². The Bertz CT molecular complexity index is 1100. The Morgan fingerprint density at radius 3 is 2.61 bits per heavy atom. The molecule has 1 aromatic heterocycles. The summed E-state index contributed by atoms with van der Waals surface area (Å²) in [6.45, 7) is 6.23. The number of hydrogen-bond acceptors (Lipinski definition) is 8. The lowest BCUT2D eigenvalue weighted by Crippen LogP contribution is -2.34. The monoisotopic (exact) mass is 439 g/mol. The van der Waals surface area contributed by atoms with Crippen molar-refractivity contribution in [2.24, 2.45) is 5.41 Å². The molecule has 0 saturated heterocycles. The smallest absolute Gasteiger partial charge is 0.269 e. The maximum Gasteiger partial charge on any atom is 0.269 e. The van der Waals surface area contributed by atoms with Crippen molar-refractivity contribution in [1.82, 2.24) is 9.97 Å². The minimum absolute atomic E-state index is 0.00116. The van der Waals surface area contributed by atoms with E-state index in [0.29, 0.717) is 40.8 Å². The van der Waals surface area contributed by atoms with Gasteiger partial charge in [-0.3, -0.25) is 14.9 Å². The molecule has 8 nitrogen and oxygen atoms in total. The lowest BCUT2D eigenvalue weighted by Gasteiger charge is -2.39. The molecule has 1 atom stereocenters. The molecule has 0 spiro atoms. The Kier molecular flexibility index (Phi) is 5.47. The summed E-state index contributed by atoms with van der Waals surface area (Å²) in [4.78, 5) is 33.1. The maximum atomic E-state index is 13.2. The van der Waals surface area contributed by atoms with Crippen LogP contribution in [0.5, 0.6) is 0 Å². The maximum absolute atomic E-state index is 13.2. The van der Waals surface area contributed by atoms with Gasteiger partial charge in [0.15, 0.2) is 10.9 Å². The highest BCUT2D eigenvalue weighted by molar-refractivity contribution is 7.99. The predicted molar refractivity (Wildman–Crippen MR) is 121 cm³/mol. The molecule has 0 amide bonds. The first-order chi connectivity index (χ1) is 14.7. The third kappa shape index (κ3) is 4.01. The minimum Gasteiger partial charge on any atom is -0.383 e. The molecular formula is C22H25N5O3S. The highest BCUT2D eigenvalue weighted by Crippen LogP contribution is 2.50. The van der Waals surface area contributed by atoms with Crippen LogP contribution in [0.25, 0.3) is 0 Å². The molecule has 0 radical (unpaired) electrons. The van der Waals surface area contributed by atoms with Gasteiger partial charge >= 0.3 is 0 Å². The molecule has 0 unspecified atom stereocenters. The van der Waals surface area contributed by atoms with E-state index in [0.717, 1.165) is 23.4 Å². The Balaban J connectivity index is 1.88. The lowest BCUT2D eigenvalue weighted by molar-refractivity contribution is -0.384. The van der Waals surface area contributed by atoms with E-state index in [1.807, 2.05) is 0 Å². The summed E-state index contributed by atoms with van der Waals surface area (Å²) < 4.78 is 0. The third-order valence-corrected chi connectivity index (χ3v) is 6.65. The zero-order valence-corrected chi connectivity index (χ0v) is 18.6. The summed E-state index contributed by atoms with van der Waals surface area (Å²) in [6.07, 6.45) is 2.12. The average Bonchev–Trinajstić information content (AvgIpc) is 2.69. The largest absolute Gasteiger partial charge is 0.383 e. The zero-order valence-electron chi connectivity index (χ0n) is 17.8. The van der Waals surface area contributed by atoms with E-state index in [2.05, 4.69) is 31.1 Å². The molecule has 3 N–H and O–H groups in total. The molecule has 0 saturated carbocycles. The summed E-state index contributed by atoms with van der Waals surface area (Å²) >= 11 is 1.54. The van der Waals surface area contributed by atoms with Gasteiger partial charge in [0.05, 0.1) is 4.92 Å². The van der Waals surface area contributed by atoms with E-state index >= 15 is 0 Å². The number of thioether (sulfide) groups is 1. The second kappa shape index (κ2) is 7.96. The van der Waals surface area contributed by atoms with Crippen LogP contribution in [0.2, 0.25) is 0 Å². The fourth-order valence-corrected chi connectivity index (χ4v) is 5.00. The number of nitrogen functional groups attached to an aromatic ring is 1. The number of fused-ring (bicyclic) bond motifs is 1. The molecular weight excluding hydrogens is 414 g/mol. The fourth-order valence-electron chi connectivity index (χ4n) is 4.29. The van der Waals surface area contributed by atoms with Crippen molar-refractivity contribution in [1.29, 1.82) is 0 Å². The van der Waals surface area contributed by atoms with Crippen LogP contribution in [0.4, 0.5) is 17.3 Å². The van der Waals surface area contributed by atoms with Gasteiger partial charge < -0.3 is 11.1 Å². The number of non-ortho nitro benzene ring substituents is 1. The standard InChI is InChI=1S/C22H25N5O3S/c1-4-9-31-21-25-19(23)18-16(12-5-7-13(8-6-12)27(29)30)17-14(24-20(18)26-21)10-22(2,3)11-15(17)28/h5-8,16H,4,9-11H2,1-3H3,(H3,23,24,25,26)/t16-/m1/s1. The summed E-state index contributed by atoms with van der Waals surface area (Å²) in [5.41, 5.74) is 9.15. The van der Waals surface area contributed by atoms with Gasteiger partial charge in [-0.05, 0) is 23.8 Å². The lowest BCUT2D eigenvalue weighted by atomic mass is 9.69. The molecule has 1 aliphatic heterocycles. The van der Waals surface area contributed by atoms with Crippen molar-refractivity contribution < 1.29 is 9.72 Å². The number of nitrogens with zero attached hydrogens (tertiary/aromatic N) is 3. The summed E-state index contributed by atoms with van der Waals surface area (Å²) in [5, 5.41) is 15.1. The van der Waals surface area contributed by atoms with Crippen LogP contribution in [-0.4, -0.2) is 26.4 Å². The SMILES string of the molecule is CCCSc1nc(N)c2c(n1)NC1=C(C(=O)CC(C)(C)C1)[C@H]2c1ccc([N+](=O)[O-])cc1. The first-order valence-corrected chi connectivity index (χ1v) is 11.3. The predicted octanol–water partition coefficient (Wildman–Crippen LogP) is 4.67. The summed E-state index contributed by atoms with van der Waals surface area (Å²) in [7, 11) is 0. The second-order valence-electron chi connectivity index (χ2n) is 8.74. The number of Topliss-reactive ketones (excluding diaryl/α,β-unsaturated/α-hetero) is 1. The third-order valence-electron chi connectivity index (χ3n) is 5.59. The van der Waals surface area contributed by atoms with Crippen LogP contribution >= 0.6 is 11.8 Å². The number of ketones is 1. The topological polar surface area (TPSA) is 124 Å². The number of carbonyl (C=O) groups excluding carboxylic acids is 1. The fraction of sp³-hybridized carbons (Fsp3) is 0.409. The van der Waals surface area contributed by atoms with Gasteiger partial charge in [-0.2, -0.15) is 0 Å². The first kappa shape index (κ1) is 21.3. The number of aromatic nitrogens is 2. The molecule has 2 aliphatic rings. The molecule has 4 rings (SSSR count). The van der Waals surface area contributed by atoms with Crippen LogP contribution in [0.15, 0.2) is 40.7 Å². The number of nitrogens with two attached hydrogens (primary N) is 1. The second-order valence-corrected chi connectivity index (χ2v) is 9.80.